The van der Waals surface area contributed by atoms with Crippen molar-refractivity contribution in [3.8, 4) is 11.5 Å². The Balaban J connectivity index is 1.90. The molecule has 20 heavy (non-hydrogen) atoms. The van der Waals surface area contributed by atoms with Crippen molar-refractivity contribution in [2.45, 2.75) is 25.9 Å². The first-order chi connectivity index (χ1) is 9.79. The summed E-state index contributed by atoms with van der Waals surface area (Å²) in [6.07, 6.45) is 2.71. The van der Waals surface area contributed by atoms with Gasteiger partial charge in [-0.05, 0) is 24.1 Å². The lowest BCUT2D eigenvalue weighted by atomic mass is 10.0. The van der Waals surface area contributed by atoms with Crippen molar-refractivity contribution in [1.82, 2.24) is 15.0 Å². The minimum Gasteiger partial charge on any atom is -0.486 e. The first kappa shape index (κ1) is 12.9. The Morgan fingerprint density at radius 3 is 2.90 bits per heavy atom. The normalized spacial score (nSPS) is 15.1. The van der Waals surface area contributed by atoms with E-state index in [-0.39, 0.29) is 6.04 Å². The third-order valence-corrected chi connectivity index (χ3v) is 3.33. The summed E-state index contributed by atoms with van der Waals surface area (Å²) in [7, 11) is 0. The smallest absolute Gasteiger partial charge is 0.161 e. The number of hydrogen-bond donors (Lipinski definition) is 1. The molecule has 6 nitrogen and oxygen atoms in total. The fourth-order valence-electron chi connectivity index (χ4n) is 2.32. The average Bonchev–Trinajstić information content (AvgIpc) is 2.94. The summed E-state index contributed by atoms with van der Waals surface area (Å²) < 4.78 is 13.0. The Bertz CT molecular complexity index is 597. The monoisotopic (exact) mass is 274 g/mol. The zero-order valence-electron chi connectivity index (χ0n) is 11.5. The van der Waals surface area contributed by atoms with Crippen LogP contribution in [0, 0.1) is 0 Å². The summed E-state index contributed by atoms with van der Waals surface area (Å²) in [6.45, 7) is 4.07. The molecule has 2 aromatic rings. The van der Waals surface area contributed by atoms with Gasteiger partial charge in [-0.1, -0.05) is 18.2 Å². The molecular weight excluding hydrogens is 256 g/mol. The maximum atomic E-state index is 6.33. The molecule has 1 aliphatic rings. The molecule has 1 unspecified atom stereocenters. The Kier molecular flexibility index (Phi) is 3.56. The molecule has 0 spiro atoms. The fraction of sp³-hybridized carbons (Fsp3) is 0.429. The topological polar surface area (TPSA) is 75.2 Å². The van der Waals surface area contributed by atoms with E-state index in [0.717, 1.165) is 35.7 Å². The first-order valence-electron chi connectivity index (χ1n) is 6.83. The van der Waals surface area contributed by atoms with Crippen LogP contribution in [0.4, 0.5) is 0 Å². The highest BCUT2D eigenvalue weighted by Gasteiger charge is 2.18. The van der Waals surface area contributed by atoms with E-state index in [2.05, 4.69) is 17.2 Å². The Hall–Kier alpha value is -2.08. The van der Waals surface area contributed by atoms with E-state index in [4.69, 9.17) is 15.2 Å². The van der Waals surface area contributed by atoms with Crippen molar-refractivity contribution in [3.05, 3.63) is 35.7 Å². The summed E-state index contributed by atoms with van der Waals surface area (Å²) >= 11 is 0. The summed E-state index contributed by atoms with van der Waals surface area (Å²) in [6, 6.07) is 5.52. The first-order valence-corrected chi connectivity index (χ1v) is 6.83. The molecule has 1 aliphatic heterocycles. The molecule has 6 heteroatoms. The summed E-state index contributed by atoms with van der Waals surface area (Å²) in [5, 5.41) is 8.02. The van der Waals surface area contributed by atoms with Gasteiger partial charge in [-0.2, -0.15) is 0 Å². The maximum Gasteiger partial charge on any atom is 0.161 e. The third-order valence-electron chi connectivity index (χ3n) is 3.33. The summed E-state index contributed by atoms with van der Waals surface area (Å²) in [5.74, 6) is 1.52. The van der Waals surface area contributed by atoms with Crippen LogP contribution in [0.25, 0.3) is 0 Å². The van der Waals surface area contributed by atoms with Crippen LogP contribution in [-0.2, 0) is 6.54 Å². The number of ether oxygens (including phenoxy) is 2. The van der Waals surface area contributed by atoms with Crippen LogP contribution in [0.15, 0.2) is 24.4 Å². The molecule has 1 atom stereocenters. The molecule has 106 valence electrons. The van der Waals surface area contributed by atoms with Gasteiger partial charge >= 0.3 is 0 Å². The van der Waals surface area contributed by atoms with E-state index in [9.17, 15) is 0 Å². The average molecular weight is 274 g/mol. The molecule has 2 heterocycles. The van der Waals surface area contributed by atoms with Crippen LogP contribution in [-0.4, -0.2) is 28.2 Å². The molecule has 0 saturated heterocycles. The number of nitrogens with two attached hydrogens (primary N) is 1. The van der Waals surface area contributed by atoms with Crippen LogP contribution in [0.3, 0.4) is 0 Å². The van der Waals surface area contributed by atoms with Crippen molar-refractivity contribution in [2.75, 3.05) is 13.2 Å². The van der Waals surface area contributed by atoms with Gasteiger partial charge in [-0.15, -0.1) is 5.10 Å². The molecule has 0 fully saturated rings. The molecule has 0 saturated carbocycles. The number of aryl methyl sites for hydroxylation is 1. The van der Waals surface area contributed by atoms with E-state index in [1.54, 1.807) is 6.20 Å². The molecular formula is C14H18N4O2. The second kappa shape index (κ2) is 5.50. The number of rotatable bonds is 4. The molecule has 1 aromatic heterocycles. The highest BCUT2D eigenvalue weighted by molar-refractivity contribution is 5.45. The molecule has 0 amide bonds. The van der Waals surface area contributed by atoms with E-state index in [1.165, 1.54) is 0 Å². The van der Waals surface area contributed by atoms with Gasteiger partial charge in [-0.25, -0.2) is 4.68 Å². The van der Waals surface area contributed by atoms with Crippen molar-refractivity contribution < 1.29 is 9.47 Å². The quantitative estimate of drug-likeness (QED) is 0.914. The molecule has 3 rings (SSSR count). The SMILES string of the molecule is CCCn1nncc1C(N)c1ccc2c(c1)OCCO2. The van der Waals surface area contributed by atoms with Crippen molar-refractivity contribution in [2.24, 2.45) is 5.73 Å². The summed E-state index contributed by atoms with van der Waals surface area (Å²) in [5.41, 5.74) is 8.20. The molecule has 2 N–H and O–H groups in total. The number of nitrogens with zero attached hydrogens (tertiary/aromatic N) is 3. The number of aromatic nitrogens is 3. The van der Waals surface area contributed by atoms with E-state index in [1.807, 2.05) is 22.9 Å². The second-order valence-electron chi connectivity index (χ2n) is 4.76. The van der Waals surface area contributed by atoms with Crippen LogP contribution in [0.5, 0.6) is 11.5 Å². The van der Waals surface area contributed by atoms with E-state index in [0.29, 0.717) is 13.2 Å². The van der Waals surface area contributed by atoms with Crippen molar-refractivity contribution >= 4 is 0 Å². The maximum absolute atomic E-state index is 6.33. The van der Waals surface area contributed by atoms with Crippen molar-refractivity contribution in [1.29, 1.82) is 0 Å². The van der Waals surface area contributed by atoms with Gasteiger partial charge in [0.05, 0.1) is 17.9 Å². The zero-order chi connectivity index (χ0) is 13.9. The minimum atomic E-state index is -0.271. The molecule has 0 aliphatic carbocycles. The van der Waals surface area contributed by atoms with Gasteiger partial charge in [-0.3, -0.25) is 0 Å². The van der Waals surface area contributed by atoms with Gasteiger partial charge in [0.1, 0.15) is 13.2 Å². The Morgan fingerprint density at radius 2 is 2.10 bits per heavy atom. The fourth-order valence-corrected chi connectivity index (χ4v) is 2.32. The Labute approximate surface area is 117 Å². The zero-order valence-corrected chi connectivity index (χ0v) is 11.5. The van der Waals surface area contributed by atoms with E-state index >= 15 is 0 Å². The van der Waals surface area contributed by atoms with Crippen LogP contribution >= 0.6 is 0 Å². The highest BCUT2D eigenvalue weighted by Crippen LogP contribution is 2.33. The highest BCUT2D eigenvalue weighted by atomic mass is 16.6. The third kappa shape index (κ3) is 2.34. The molecule has 1 aromatic carbocycles. The lowest BCUT2D eigenvalue weighted by Gasteiger charge is -2.20. The van der Waals surface area contributed by atoms with Crippen LogP contribution < -0.4 is 15.2 Å². The van der Waals surface area contributed by atoms with Crippen LogP contribution in [0.1, 0.15) is 30.6 Å². The van der Waals surface area contributed by atoms with E-state index < -0.39 is 0 Å². The molecule has 0 bridgehead atoms. The standard InChI is InChI=1S/C14H18N4O2/c1-2-5-18-11(9-16-17-18)14(15)10-3-4-12-13(8-10)20-7-6-19-12/h3-4,8-9,14H,2,5-7,15H2,1H3. The van der Waals surface area contributed by atoms with Gasteiger partial charge in [0.2, 0.25) is 0 Å². The Morgan fingerprint density at radius 1 is 1.30 bits per heavy atom. The largest absolute Gasteiger partial charge is 0.486 e. The van der Waals surface area contributed by atoms with Crippen molar-refractivity contribution in [3.63, 3.8) is 0 Å². The minimum absolute atomic E-state index is 0.271. The molecule has 0 radical (unpaired) electrons. The van der Waals surface area contributed by atoms with Gasteiger partial charge in [0, 0.05) is 6.54 Å². The van der Waals surface area contributed by atoms with Crippen LogP contribution in [0.2, 0.25) is 0 Å². The lowest BCUT2D eigenvalue weighted by molar-refractivity contribution is 0.171. The predicted molar refractivity (Wildman–Crippen MR) is 73.8 cm³/mol. The number of benzene rings is 1. The number of hydrogen-bond acceptors (Lipinski definition) is 5. The number of fused-ring (bicyclic) bond motifs is 1. The summed E-state index contributed by atoms with van der Waals surface area (Å²) in [4.78, 5) is 0. The second-order valence-corrected chi connectivity index (χ2v) is 4.76. The predicted octanol–water partition coefficient (Wildman–Crippen LogP) is 1.51. The van der Waals surface area contributed by atoms with Gasteiger partial charge < -0.3 is 15.2 Å². The lowest BCUT2D eigenvalue weighted by Crippen LogP contribution is -2.19. The van der Waals surface area contributed by atoms with Gasteiger partial charge in [0.15, 0.2) is 11.5 Å². The van der Waals surface area contributed by atoms with Gasteiger partial charge in [0.25, 0.3) is 0 Å².